The molecular weight excluding hydrogens is 292 g/mol. The third kappa shape index (κ3) is 3.44. The van der Waals surface area contributed by atoms with E-state index in [1.807, 2.05) is 48.5 Å². The first-order valence-corrected chi connectivity index (χ1v) is 6.52. The van der Waals surface area contributed by atoms with Crippen LogP contribution in [0.2, 0.25) is 0 Å². The minimum atomic E-state index is -0.293. The van der Waals surface area contributed by atoms with E-state index in [4.69, 9.17) is 4.74 Å². The summed E-state index contributed by atoms with van der Waals surface area (Å²) in [5.41, 5.74) is 1.72. The molecule has 0 atom stereocenters. The maximum Gasteiger partial charge on any atom is 0.339 e. The Kier molecular flexibility index (Phi) is 4.53. The summed E-state index contributed by atoms with van der Waals surface area (Å²) in [6, 6.07) is 17.2. The van der Waals surface area contributed by atoms with Gasteiger partial charge in [0.25, 0.3) is 0 Å². The van der Waals surface area contributed by atoms with Crippen molar-refractivity contribution in [3.63, 3.8) is 0 Å². The molecule has 0 saturated carbocycles. The number of hydrogen-bond donors (Lipinski definition) is 0. The van der Waals surface area contributed by atoms with Crippen molar-refractivity contribution in [2.45, 2.75) is 6.42 Å². The molecule has 0 spiro atoms. The maximum absolute atomic E-state index is 11.8. The van der Waals surface area contributed by atoms with Crippen molar-refractivity contribution in [1.29, 1.82) is 0 Å². The van der Waals surface area contributed by atoms with Crippen molar-refractivity contribution in [2.24, 2.45) is 0 Å². The van der Waals surface area contributed by atoms with Gasteiger partial charge in [0.15, 0.2) is 0 Å². The summed E-state index contributed by atoms with van der Waals surface area (Å²) in [4.78, 5) is 11.8. The predicted octanol–water partition coefficient (Wildman–Crippen LogP) is 3.85. The van der Waals surface area contributed by atoms with Crippen molar-refractivity contribution in [3.05, 3.63) is 70.2 Å². The van der Waals surface area contributed by atoms with Crippen molar-refractivity contribution in [3.8, 4) is 0 Å². The summed E-state index contributed by atoms with van der Waals surface area (Å²) >= 11 is 3.33. The fraction of sp³-hybridized carbons (Fsp3) is 0.133. The molecule has 0 aliphatic heterocycles. The van der Waals surface area contributed by atoms with Gasteiger partial charge in [-0.05, 0) is 33.6 Å². The number of benzene rings is 2. The molecule has 2 nitrogen and oxygen atoms in total. The summed E-state index contributed by atoms with van der Waals surface area (Å²) in [5.74, 6) is -0.293. The fourth-order valence-corrected chi connectivity index (χ4v) is 2.06. The summed E-state index contributed by atoms with van der Waals surface area (Å²) < 4.78 is 6.00. The van der Waals surface area contributed by atoms with Gasteiger partial charge in [0.05, 0.1) is 12.2 Å². The lowest BCUT2D eigenvalue weighted by molar-refractivity contribution is 0.0508. The second-order valence-corrected chi connectivity index (χ2v) is 4.71. The zero-order valence-electron chi connectivity index (χ0n) is 9.80. The highest BCUT2D eigenvalue weighted by Crippen LogP contribution is 2.16. The molecule has 0 fully saturated rings. The molecule has 0 aliphatic rings. The highest BCUT2D eigenvalue weighted by molar-refractivity contribution is 9.10. The van der Waals surface area contributed by atoms with Crippen LogP contribution in [0.1, 0.15) is 15.9 Å². The van der Waals surface area contributed by atoms with Crippen LogP contribution in [0, 0.1) is 0 Å². The Morgan fingerprint density at radius 3 is 2.39 bits per heavy atom. The monoisotopic (exact) mass is 304 g/mol. The molecule has 2 aromatic rings. The molecule has 0 unspecified atom stereocenters. The minimum Gasteiger partial charge on any atom is -0.462 e. The van der Waals surface area contributed by atoms with Gasteiger partial charge in [0.2, 0.25) is 0 Å². The van der Waals surface area contributed by atoms with Crippen LogP contribution in [-0.2, 0) is 11.2 Å². The highest BCUT2D eigenvalue weighted by Gasteiger charge is 2.10. The smallest absolute Gasteiger partial charge is 0.339 e. The first-order chi connectivity index (χ1) is 8.77. The van der Waals surface area contributed by atoms with E-state index in [0.717, 1.165) is 16.5 Å². The minimum absolute atomic E-state index is 0.293. The fourth-order valence-electron chi connectivity index (χ4n) is 1.61. The topological polar surface area (TPSA) is 26.3 Å². The van der Waals surface area contributed by atoms with Gasteiger partial charge in [-0.2, -0.15) is 0 Å². The third-order valence-electron chi connectivity index (χ3n) is 2.56. The first kappa shape index (κ1) is 12.8. The number of carbonyl (C=O) groups excluding carboxylic acids is 1. The van der Waals surface area contributed by atoms with Crippen LogP contribution in [0.3, 0.4) is 0 Å². The summed E-state index contributed by atoms with van der Waals surface area (Å²) in [5, 5.41) is 0. The lowest BCUT2D eigenvalue weighted by Crippen LogP contribution is -2.08. The molecular formula is C15H13BrO2. The molecule has 18 heavy (non-hydrogen) atoms. The zero-order valence-corrected chi connectivity index (χ0v) is 11.4. The van der Waals surface area contributed by atoms with Crippen molar-refractivity contribution in [1.82, 2.24) is 0 Å². The van der Waals surface area contributed by atoms with Crippen LogP contribution in [-0.4, -0.2) is 12.6 Å². The molecule has 0 radical (unpaired) electrons. The van der Waals surface area contributed by atoms with E-state index in [9.17, 15) is 4.79 Å². The highest BCUT2D eigenvalue weighted by atomic mass is 79.9. The number of esters is 1. The van der Waals surface area contributed by atoms with Crippen molar-refractivity contribution < 1.29 is 9.53 Å². The van der Waals surface area contributed by atoms with Crippen LogP contribution in [0.4, 0.5) is 0 Å². The Bertz CT molecular complexity index is 523. The third-order valence-corrected chi connectivity index (χ3v) is 3.25. The van der Waals surface area contributed by atoms with Crippen LogP contribution in [0.15, 0.2) is 59.1 Å². The van der Waals surface area contributed by atoms with Crippen LogP contribution >= 0.6 is 15.9 Å². The number of hydrogen-bond acceptors (Lipinski definition) is 2. The molecule has 0 aliphatic carbocycles. The van der Waals surface area contributed by atoms with Gasteiger partial charge in [-0.3, -0.25) is 0 Å². The standard InChI is InChI=1S/C15H13BrO2/c16-14-9-5-4-8-13(14)15(17)18-11-10-12-6-2-1-3-7-12/h1-9H,10-11H2. The van der Waals surface area contributed by atoms with E-state index in [1.54, 1.807) is 6.07 Å². The molecule has 0 aromatic heterocycles. The van der Waals surface area contributed by atoms with E-state index >= 15 is 0 Å². The quantitative estimate of drug-likeness (QED) is 0.802. The molecule has 2 aromatic carbocycles. The second kappa shape index (κ2) is 6.36. The molecule has 0 amide bonds. The summed E-state index contributed by atoms with van der Waals surface area (Å²) in [6.45, 7) is 0.393. The molecule has 0 heterocycles. The van der Waals surface area contributed by atoms with Crippen molar-refractivity contribution in [2.75, 3.05) is 6.61 Å². The van der Waals surface area contributed by atoms with E-state index in [2.05, 4.69) is 15.9 Å². The summed E-state index contributed by atoms with van der Waals surface area (Å²) in [7, 11) is 0. The normalized spacial score (nSPS) is 10.1. The van der Waals surface area contributed by atoms with E-state index < -0.39 is 0 Å². The Morgan fingerprint density at radius 2 is 1.67 bits per heavy atom. The van der Waals surface area contributed by atoms with E-state index in [-0.39, 0.29) is 5.97 Å². The largest absolute Gasteiger partial charge is 0.462 e. The summed E-state index contributed by atoms with van der Waals surface area (Å²) in [6.07, 6.45) is 0.733. The number of halogens is 1. The number of carbonyl (C=O) groups is 1. The van der Waals surface area contributed by atoms with Crippen molar-refractivity contribution >= 4 is 21.9 Å². The van der Waals surface area contributed by atoms with Crippen LogP contribution < -0.4 is 0 Å². The number of rotatable bonds is 4. The molecule has 92 valence electrons. The Labute approximate surface area is 115 Å². The molecule has 2 rings (SSSR count). The van der Waals surface area contributed by atoms with Gasteiger partial charge in [0, 0.05) is 10.9 Å². The zero-order chi connectivity index (χ0) is 12.8. The van der Waals surface area contributed by atoms with Gasteiger partial charge in [-0.1, -0.05) is 42.5 Å². The Hall–Kier alpha value is -1.61. The van der Waals surface area contributed by atoms with Gasteiger partial charge < -0.3 is 4.74 Å². The number of ether oxygens (including phenoxy) is 1. The van der Waals surface area contributed by atoms with Crippen LogP contribution in [0.25, 0.3) is 0 Å². The molecule has 3 heteroatoms. The first-order valence-electron chi connectivity index (χ1n) is 5.73. The van der Waals surface area contributed by atoms with Gasteiger partial charge in [0.1, 0.15) is 0 Å². The average Bonchev–Trinajstić information content (AvgIpc) is 2.40. The van der Waals surface area contributed by atoms with Gasteiger partial charge in [-0.15, -0.1) is 0 Å². The second-order valence-electron chi connectivity index (χ2n) is 3.85. The van der Waals surface area contributed by atoms with Gasteiger partial charge >= 0.3 is 5.97 Å². The maximum atomic E-state index is 11.8. The van der Waals surface area contributed by atoms with E-state index in [1.165, 1.54) is 0 Å². The Morgan fingerprint density at radius 1 is 1.00 bits per heavy atom. The molecule has 0 saturated heterocycles. The van der Waals surface area contributed by atoms with Gasteiger partial charge in [-0.25, -0.2) is 4.79 Å². The van der Waals surface area contributed by atoms with E-state index in [0.29, 0.717) is 12.2 Å². The SMILES string of the molecule is O=C(OCCc1ccccc1)c1ccccc1Br. The lowest BCUT2D eigenvalue weighted by Gasteiger charge is -2.06. The average molecular weight is 305 g/mol. The Balaban J connectivity index is 1.88. The molecule has 0 bridgehead atoms. The molecule has 0 N–H and O–H groups in total. The predicted molar refractivity (Wildman–Crippen MR) is 74.6 cm³/mol. The lowest BCUT2D eigenvalue weighted by atomic mass is 10.2. The van der Waals surface area contributed by atoms with Crippen LogP contribution in [0.5, 0.6) is 0 Å².